The molecule has 0 unspecified atom stereocenters. The number of benzene rings is 2. The summed E-state index contributed by atoms with van der Waals surface area (Å²) in [5, 5.41) is 21.9. The van der Waals surface area contributed by atoms with Gasteiger partial charge in [-0.15, -0.1) is 0 Å². The monoisotopic (exact) mass is 467 g/mol. The van der Waals surface area contributed by atoms with E-state index in [2.05, 4.69) is 15.6 Å². The summed E-state index contributed by atoms with van der Waals surface area (Å²) in [6.45, 7) is -0.603. The van der Waals surface area contributed by atoms with Gasteiger partial charge in [-0.3, -0.25) is 15.0 Å². The van der Waals surface area contributed by atoms with Gasteiger partial charge in [-0.2, -0.15) is 0 Å². The highest BCUT2D eigenvalue weighted by atomic mass is 35.5. The van der Waals surface area contributed by atoms with E-state index in [-0.39, 0.29) is 34.2 Å². The van der Waals surface area contributed by atoms with Gasteiger partial charge in [0.05, 0.1) is 16.3 Å². The molecule has 0 radical (unpaired) electrons. The van der Waals surface area contributed by atoms with Crippen LogP contribution in [0.25, 0.3) is 0 Å². The topological polar surface area (TPSA) is 167 Å². The number of carbonyl (C=O) groups excluding carboxylic acids is 2. The number of nitrogen functional groups attached to an aromatic ring is 1. The lowest BCUT2D eigenvalue weighted by atomic mass is 10.1. The van der Waals surface area contributed by atoms with Gasteiger partial charge in [-0.05, 0) is 42.5 Å². The second kappa shape index (κ2) is 10.2. The molecule has 2 amide bonds. The standard InChI is InChI=1S/C22H18ClN5O5/c23-14-5-8-18(26-10-14)28-22(32)16-9-15(33-11-19(29)30)6-7-17(16)27-21(31)13-3-1-12(2-4-13)20(24)25/h1-10H,11H2,(H3,24,25)(H,27,31)(H,29,30)(H,26,28,32). The van der Waals surface area contributed by atoms with Crippen LogP contribution in [0.15, 0.2) is 60.8 Å². The van der Waals surface area contributed by atoms with Gasteiger partial charge in [0.15, 0.2) is 6.61 Å². The zero-order valence-electron chi connectivity index (χ0n) is 17.0. The maximum atomic E-state index is 12.9. The average molecular weight is 468 g/mol. The molecule has 1 heterocycles. The molecule has 0 aliphatic rings. The van der Waals surface area contributed by atoms with E-state index >= 15 is 0 Å². The summed E-state index contributed by atoms with van der Waals surface area (Å²) in [5.74, 6) is -2.10. The number of carboxylic acid groups (broad SMARTS) is 1. The molecule has 168 valence electrons. The summed E-state index contributed by atoms with van der Waals surface area (Å²) < 4.78 is 5.15. The van der Waals surface area contributed by atoms with Crippen molar-refractivity contribution in [3.63, 3.8) is 0 Å². The normalized spacial score (nSPS) is 10.2. The first-order valence-corrected chi connectivity index (χ1v) is 9.78. The molecule has 0 bridgehead atoms. The summed E-state index contributed by atoms with van der Waals surface area (Å²) in [7, 11) is 0. The van der Waals surface area contributed by atoms with E-state index in [1.807, 2.05) is 0 Å². The van der Waals surface area contributed by atoms with Gasteiger partial charge < -0.3 is 26.2 Å². The number of pyridine rings is 1. The molecule has 3 rings (SSSR count). The van der Waals surface area contributed by atoms with Crippen molar-refractivity contribution in [3.8, 4) is 5.75 Å². The van der Waals surface area contributed by atoms with Gasteiger partial charge in [0.1, 0.15) is 17.4 Å². The van der Waals surface area contributed by atoms with Crippen LogP contribution in [0.5, 0.6) is 5.75 Å². The van der Waals surface area contributed by atoms with E-state index < -0.39 is 24.4 Å². The Morgan fingerprint density at radius 3 is 2.30 bits per heavy atom. The largest absolute Gasteiger partial charge is 0.482 e. The number of hydrogen-bond donors (Lipinski definition) is 5. The van der Waals surface area contributed by atoms with Crippen LogP contribution in [0.3, 0.4) is 0 Å². The predicted molar refractivity (Wildman–Crippen MR) is 122 cm³/mol. The van der Waals surface area contributed by atoms with Crippen LogP contribution in [-0.4, -0.2) is 40.3 Å². The molecule has 0 saturated heterocycles. The highest BCUT2D eigenvalue weighted by Crippen LogP contribution is 2.24. The van der Waals surface area contributed by atoms with Gasteiger partial charge in [0.25, 0.3) is 11.8 Å². The fourth-order valence-corrected chi connectivity index (χ4v) is 2.80. The number of amidine groups is 1. The lowest BCUT2D eigenvalue weighted by molar-refractivity contribution is -0.139. The van der Waals surface area contributed by atoms with E-state index in [4.69, 9.17) is 32.6 Å². The van der Waals surface area contributed by atoms with E-state index in [0.717, 1.165) is 0 Å². The van der Waals surface area contributed by atoms with Crippen molar-refractivity contribution < 1.29 is 24.2 Å². The number of carbonyl (C=O) groups is 3. The molecule has 11 heteroatoms. The van der Waals surface area contributed by atoms with E-state index in [0.29, 0.717) is 10.6 Å². The van der Waals surface area contributed by atoms with Crippen molar-refractivity contribution in [2.75, 3.05) is 17.2 Å². The molecule has 0 aliphatic carbocycles. The molecule has 0 fully saturated rings. The molecule has 10 nitrogen and oxygen atoms in total. The predicted octanol–water partition coefficient (Wildman–Crippen LogP) is 2.99. The fraction of sp³-hybridized carbons (Fsp3) is 0.0455. The van der Waals surface area contributed by atoms with Crippen molar-refractivity contribution in [2.24, 2.45) is 5.73 Å². The van der Waals surface area contributed by atoms with Gasteiger partial charge in [-0.25, -0.2) is 9.78 Å². The third kappa shape index (κ3) is 6.28. The average Bonchev–Trinajstić information content (AvgIpc) is 2.79. The number of nitrogens with one attached hydrogen (secondary N) is 3. The fourth-order valence-electron chi connectivity index (χ4n) is 2.68. The van der Waals surface area contributed by atoms with Crippen LogP contribution in [0, 0.1) is 5.41 Å². The first-order chi connectivity index (χ1) is 15.7. The van der Waals surface area contributed by atoms with Gasteiger partial charge in [0.2, 0.25) is 0 Å². The quantitative estimate of drug-likeness (QED) is 0.250. The first-order valence-electron chi connectivity index (χ1n) is 9.40. The van der Waals surface area contributed by atoms with Crippen LogP contribution in [0.2, 0.25) is 5.02 Å². The van der Waals surface area contributed by atoms with E-state index in [1.165, 1.54) is 54.7 Å². The van der Waals surface area contributed by atoms with E-state index in [9.17, 15) is 14.4 Å². The van der Waals surface area contributed by atoms with Crippen molar-refractivity contribution in [3.05, 3.63) is 82.5 Å². The SMILES string of the molecule is N=C(N)c1ccc(C(=O)Nc2ccc(OCC(=O)O)cc2C(=O)Nc2ccc(Cl)cn2)cc1. The van der Waals surface area contributed by atoms with Crippen LogP contribution in [0.1, 0.15) is 26.3 Å². The Labute approximate surface area is 192 Å². The summed E-state index contributed by atoms with van der Waals surface area (Å²) >= 11 is 5.81. The number of amides is 2. The zero-order chi connectivity index (χ0) is 24.0. The Bertz CT molecular complexity index is 1210. The molecule has 0 saturated carbocycles. The molecule has 2 aromatic carbocycles. The van der Waals surface area contributed by atoms with Crippen LogP contribution >= 0.6 is 11.6 Å². The van der Waals surface area contributed by atoms with Crippen molar-refractivity contribution in [1.29, 1.82) is 5.41 Å². The number of halogens is 1. The second-order valence-corrected chi connectivity index (χ2v) is 7.09. The van der Waals surface area contributed by atoms with Crippen molar-refractivity contribution in [2.45, 2.75) is 0 Å². The number of hydrogen-bond acceptors (Lipinski definition) is 6. The minimum atomic E-state index is -1.18. The molecule has 0 atom stereocenters. The summed E-state index contributed by atoms with van der Waals surface area (Å²) in [6, 6.07) is 13.2. The summed E-state index contributed by atoms with van der Waals surface area (Å²) in [5.41, 5.74) is 6.33. The minimum Gasteiger partial charge on any atom is -0.482 e. The van der Waals surface area contributed by atoms with Crippen LogP contribution in [-0.2, 0) is 4.79 Å². The number of rotatable bonds is 8. The summed E-state index contributed by atoms with van der Waals surface area (Å²) in [4.78, 5) is 40.4. The van der Waals surface area contributed by atoms with Gasteiger partial charge in [-0.1, -0.05) is 23.7 Å². The maximum absolute atomic E-state index is 12.9. The maximum Gasteiger partial charge on any atom is 0.341 e. The first kappa shape index (κ1) is 23.2. The molecule has 1 aromatic heterocycles. The van der Waals surface area contributed by atoms with Crippen LogP contribution < -0.4 is 21.1 Å². The highest BCUT2D eigenvalue weighted by molar-refractivity contribution is 6.30. The smallest absolute Gasteiger partial charge is 0.341 e. The number of aliphatic carboxylic acids is 1. The molecule has 3 aromatic rings. The number of ether oxygens (including phenoxy) is 1. The van der Waals surface area contributed by atoms with Crippen LogP contribution in [0.4, 0.5) is 11.5 Å². The molecule has 6 N–H and O–H groups in total. The Balaban J connectivity index is 1.87. The minimum absolute atomic E-state index is 0.0170. The lowest BCUT2D eigenvalue weighted by Crippen LogP contribution is -2.19. The zero-order valence-corrected chi connectivity index (χ0v) is 17.7. The molecular formula is C22H18ClN5O5. The number of carboxylic acids is 1. The Hall–Kier alpha value is -4.44. The Kier molecular flexibility index (Phi) is 7.21. The third-order valence-electron chi connectivity index (χ3n) is 4.27. The van der Waals surface area contributed by atoms with Crippen molar-refractivity contribution in [1.82, 2.24) is 4.98 Å². The highest BCUT2D eigenvalue weighted by Gasteiger charge is 2.17. The van der Waals surface area contributed by atoms with Gasteiger partial charge in [0, 0.05) is 17.3 Å². The summed E-state index contributed by atoms with van der Waals surface area (Å²) in [6.07, 6.45) is 1.36. The molecule has 33 heavy (non-hydrogen) atoms. The lowest BCUT2D eigenvalue weighted by Gasteiger charge is -2.13. The molecule has 0 aliphatic heterocycles. The Morgan fingerprint density at radius 2 is 1.70 bits per heavy atom. The van der Waals surface area contributed by atoms with E-state index in [1.54, 1.807) is 6.07 Å². The van der Waals surface area contributed by atoms with Gasteiger partial charge >= 0.3 is 5.97 Å². The number of aromatic nitrogens is 1. The van der Waals surface area contributed by atoms with Crippen molar-refractivity contribution >= 4 is 46.7 Å². The number of anilines is 2. The third-order valence-corrected chi connectivity index (χ3v) is 4.50. The second-order valence-electron chi connectivity index (χ2n) is 6.65. The Morgan fingerprint density at radius 1 is 1.00 bits per heavy atom. The molecular weight excluding hydrogens is 450 g/mol. The molecule has 0 spiro atoms. The number of nitrogens with zero attached hydrogens (tertiary/aromatic N) is 1. The number of nitrogens with two attached hydrogens (primary N) is 1.